The zero-order chi connectivity index (χ0) is 9.35. The zero-order valence-electron chi connectivity index (χ0n) is 8.80. The molecule has 0 saturated heterocycles. The van der Waals surface area contributed by atoms with Gasteiger partial charge in [-0.25, -0.2) is 0 Å². The summed E-state index contributed by atoms with van der Waals surface area (Å²) in [6.45, 7) is 8.99. The normalized spacial score (nSPS) is 38.2. The van der Waals surface area contributed by atoms with Crippen LogP contribution in [0.1, 0.15) is 47.0 Å². The van der Waals surface area contributed by atoms with E-state index in [0.717, 1.165) is 6.42 Å². The van der Waals surface area contributed by atoms with Crippen LogP contribution in [0.5, 0.6) is 0 Å². The Balaban J connectivity index is 2.69. The molecule has 1 N–H and O–H groups in total. The molecule has 3 atom stereocenters. The van der Waals surface area contributed by atoms with Gasteiger partial charge in [0.2, 0.25) is 0 Å². The molecule has 0 spiro atoms. The largest absolute Gasteiger partial charge is 0.393 e. The van der Waals surface area contributed by atoms with Crippen LogP contribution in [-0.2, 0) is 0 Å². The predicted octanol–water partition coefficient (Wildman–Crippen LogP) is 2.83. The van der Waals surface area contributed by atoms with Crippen molar-refractivity contribution >= 4 is 0 Å². The van der Waals surface area contributed by atoms with Crippen molar-refractivity contribution in [2.45, 2.75) is 53.1 Å². The number of rotatable bonds is 0. The molecule has 1 unspecified atom stereocenters. The van der Waals surface area contributed by atoms with Gasteiger partial charge < -0.3 is 5.11 Å². The fourth-order valence-electron chi connectivity index (χ4n) is 2.82. The first kappa shape index (κ1) is 10.0. The van der Waals surface area contributed by atoms with Crippen LogP contribution in [0.3, 0.4) is 0 Å². The summed E-state index contributed by atoms with van der Waals surface area (Å²) in [5.74, 6) is 1.18. The van der Waals surface area contributed by atoms with Crippen LogP contribution in [-0.4, -0.2) is 11.2 Å². The lowest BCUT2D eigenvalue weighted by atomic mass is 9.66. The van der Waals surface area contributed by atoms with Gasteiger partial charge in [-0.15, -0.1) is 0 Å². The Kier molecular flexibility index (Phi) is 2.82. The van der Waals surface area contributed by atoms with Crippen molar-refractivity contribution in [1.29, 1.82) is 0 Å². The molecule has 12 heavy (non-hydrogen) atoms. The summed E-state index contributed by atoms with van der Waals surface area (Å²) >= 11 is 0. The lowest BCUT2D eigenvalue weighted by Gasteiger charge is -2.42. The summed E-state index contributed by atoms with van der Waals surface area (Å²) in [7, 11) is 0. The van der Waals surface area contributed by atoms with E-state index in [4.69, 9.17) is 0 Å². The van der Waals surface area contributed by atoms with Gasteiger partial charge in [-0.05, 0) is 23.7 Å². The van der Waals surface area contributed by atoms with Crippen molar-refractivity contribution in [2.75, 3.05) is 0 Å². The fraction of sp³-hybridized carbons (Fsp3) is 1.00. The maximum Gasteiger partial charge on any atom is 0.0575 e. The van der Waals surface area contributed by atoms with Crippen LogP contribution in [0.15, 0.2) is 0 Å². The molecule has 0 aliphatic heterocycles. The standard InChI is InChI=1S/C11H22O/c1-8-6-5-7-9(12)10(8)11(2,3)4/h8-10,12H,5-7H2,1-4H3/t8?,9-,10+/m0/s1. The second kappa shape index (κ2) is 3.37. The van der Waals surface area contributed by atoms with Crippen molar-refractivity contribution < 1.29 is 5.11 Å². The maximum absolute atomic E-state index is 9.87. The second-order valence-corrected chi connectivity index (χ2v) is 5.37. The molecule has 0 aromatic heterocycles. The molecule has 0 aromatic rings. The van der Waals surface area contributed by atoms with Crippen LogP contribution in [0.4, 0.5) is 0 Å². The van der Waals surface area contributed by atoms with E-state index in [2.05, 4.69) is 27.7 Å². The molecule has 0 bridgehead atoms. The van der Waals surface area contributed by atoms with E-state index in [0.29, 0.717) is 11.8 Å². The highest BCUT2D eigenvalue weighted by molar-refractivity contribution is 4.87. The first-order valence-electron chi connectivity index (χ1n) is 5.11. The monoisotopic (exact) mass is 170 g/mol. The Hall–Kier alpha value is -0.0400. The molecule has 0 radical (unpaired) electrons. The third-order valence-electron chi connectivity index (χ3n) is 3.19. The van der Waals surface area contributed by atoms with Crippen molar-refractivity contribution in [2.24, 2.45) is 17.3 Å². The second-order valence-electron chi connectivity index (χ2n) is 5.37. The Morgan fingerprint density at radius 1 is 1.17 bits per heavy atom. The van der Waals surface area contributed by atoms with Crippen molar-refractivity contribution in [3.8, 4) is 0 Å². The van der Waals surface area contributed by atoms with Gasteiger partial charge in [0.15, 0.2) is 0 Å². The van der Waals surface area contributed by atoms with Crippen LogP contribution >= 0.6 is 0 Å². The van der Waals surface area contributed by atoms with Gasteiger partial charge in [-0.1, -0.05) is 40.5 Å². The van der Waals surface area contributed by atoms with Gasteiger partial charge in [0.25, 0.3) is 0 Å². The Morgan fingerprint density at radius 2 is 1.75 bits per heavy atom. The molecule has 1 aliphatic carbocycles. The van der Waals surface area contributed by atoms with Crippen molar-refractivity contribution in [1.82, 2.24) is 0 Å². The fourth-order valence-corrected chi connectivity index (χ4v) is 2.82. The zero-order valence-corrected chi connectivity index (χ0v) is 8.80. The molecule has 1 rings (SSSR count). The number of hydrogen-bond donors (Lipinski definition) is 1. The van der Waals surface area contributed by atoms with Crippen LogP contribution in [0.25, 0.3) is 0 Å². The molecule has 1 nitrogen and oxygen atoms in total. The summed E-state index contributed by atoms with van der Waals surface area (Å²) in [5, 5.41) is 9.87. The van der Waals surface area contributed by atoms with Crippen LogP contribution in [0.2, 0.25) is 0 Å². The SMILES string of the molecule is CC1CCC[C@H](O)[C@@H]1C(C)(C)C. The average Bonchev–Trinajstić information content (AvgIpc) is 1.82. The highest BCUT2D eigenvalue weighted by atomic mass is 16.3. The molecule has 0 aromatic carbocycles. The minimum absolute atomic E-state index is 0.0613. The molecule has 1 fully saturated rings. The first-order chi connectivity index (χ1) is 5.43. The lowest BCUT2D eigenvalue weighted by Crippen LogP contribution is -2.39. The van der Waals surface area contributed by atoms with Crippen LogP contribution in [0, 0.1) is 17.3 Å². The van der Waals surface area contributed by atoms with E-state index in [-0.39, 0.29) is 11.5 Å². The maximum atomic E-state index is 9.87. The van der Waals surface area contributed by atoms with Crippen molar-refractivity contribution in [3.05, 3.63) is 0 Å². The summed E-state index contributed by atoms with van der Waals surface area (Å²) in [6.07, 6.45) is 3.44. The average molecular weight is 170 g/mol. The molecular weight excluding hydrogens is 148 g/mol. The van der Waals surface area contributed by atoms with Gasteiger partial charge in [0.1, 0.15) is 0 Å². The molecule has 72 valence electrons. The summed E-state index contributed by atoms with van der Waals surface area (Å²) in [5.41, 5.74) is 0.263. The molecule has 0 heterocycles. The third kappa shape index (κ3) is 2.01. The van der Waals surface area contributed by atoms with Gasteiger partial charge >= 0.3 is 0 Å². The first-order valence-corrected chi connectivity index (χ1v) is 5.11. The number of aliphatic hydroxyl groups is 1. The predicted molar refractivity (Wildman–Crippen MR) is 52.0 cm³/mol. The van der Waals surface area contributed by atoms with E-state index >= 15 is 0 Å². The van der Waals surface area contributed by atoms with Gasteiger partial charge in [-0.3, -0.25) is 0 Å². The van der Waals surface area contributed by atoms with Crippen LogP contribution < -0.4 is 0 Å². The summed E-state index contributed by atoms with van der Waals surface area (Å²) in [6, 6.07) is 0. The highest BCUT2D eigenvalue weighted by Crippen LogP contribution is 2.41. The van der Waals surface area contributed by atoms with E-state index in [9.17, 15) is 5.11 Å². The molecule has 1 heteroatoms. The van der Waals surface area contributed by atoms with Gasteiger partial charge in [-0.2, -0.15) is 0 Å². The van der Waals surface area contributed by atoms with Crippen molar-refractivity contribution in [3.63, 3.8) is 0 Å². The number of aliphatic hydroxyl groups excluding tert-OH is 1. The quantitative estimate of drug-likeness (QED) is 0.592. The molecule has 1 aliphatic rings. The van der Waals surface area contributed by atoms with E-state index in [1.54, 1.807) is 0 Å². The smallest absolute Gasteiger partial charge is 0.0575 e. The number of hydrogen-bond acceptors (Lipinski definition) is 1. The van der Waals surface area contributed by atoms with E-state index in [1.807, 2.05) is 0 Å². The van der Waals surface area contributed by atoms with E-state index in [1.165, 1.54) is 12.8 Å². The molecule has 0 amide bonds. The third-order valence-corrected chi connectivity index (χ3v) is 3.19. The molecule has 1 saturated carbocycles. The van der Waals surface area contributed by atoms with Gasteiger partial charge in [0.05, 0.1) is 6.10 Å². The Morgan fingerprint density at radius 3 is 2.08 bits per heavy atom. The lowest BCUT2D eigenvalue weighted by molar-refractivity contribution is -0.0218. The minimum atomic E-state index is -0.0613. The summed E-state index contributed by atoms with van der Waals surface area (Å²) in [4.78, 5) is 0. The topological polar surface area (TPSA) is 20.2 Å². The van der Waals surface area contributed by atoms with Gasteiger partial charge in [0, 0.05) is 0 Å². The Labute approximate surface area is 76.2 Å². The minimum Gasteiger partial charge on any atom is -0.393 e. The van der Waals surface area contributed by atoms with E-state index < -0.39 is 0 Å². The summed E-state index contributed by atoms with van der Waals surface area (Å²) < 4.78 is 0. The Bertz CT molecular complexity index is 136. The molecular formula is C11H22O. The highest BCUT2D eigenvalue weighted by Gasteiger charge is 2.37.